The first-order valence-electron chi connectivity index (χ1n) is 2.81. The zero-order valence-electron chi connectivity index (χ0n) is 5.70. The van der Waals surface area contributed by atoms with Gasteiger partial charge in [-0.25, -0.2) is 0 Å². The highest BCUT2D eigenvalue weighted by Crippen LogP contribution is 1.94. The van der Waals surface area contributed by atoms with E-state index in [1.807, 2.05) is 13.0 Å². The lowest BCUT2D eigenvalue weighted by Crippen LogP contribution is -1.71. The molecule has 2 heteroatoms. The largest absolute Gasteiger partial charge is 0.513 e. The van der Waals surface area contributed by atoms with Crippen molar-refractivity contribution in [2.24, 2.45) is 4.99 Å². The maximum Gasteiger partial charge on any atom is 0.105 e. The standard InChI is InChI=1S/C7H11NO/c1-3-5-7(6-9)8-4-2/h3-6,9H,1-2H3/b5-3-,7-6-,8-4?. The first-order valence-corrected chi connectivity index (χ1v) is 2.81. The molecule has 9 heavy (non-hydrogen) atoms. The number of hydrogen-bond acceptors (Lipinski definition) is 2. The fraction of sp³-hybridized carbons (Fsp3) is 0.286. The summed E-state index contributed by atoms with van der Waals surface area (Å²) < 4.78 is 0. The number of aliphatic hydroxyl groups excluding tert-OH is 1. The van der Waals surface area contributed by atoms with Crippen LogP contribution in [0.15, 0.2) is 29.1 Å². The maximum absolute atomic E-state index is 8.46. The van der Waals surface area contributed by atoms with Gasteiger partial charge in [-0.15, -0.1) is 0 Å². The monoisotopic (exact) mass is 125 g/mol. The molecule has 0 unspecified atom stereocenters. The predicted molar refractivity (Wildman–Crippen MR) is 39.7 cm³/mol. The number of hydrogen-bond donors (Lipinski definition) is 1. The zero-order valence-corrected chi connectivity index (χ0v) is 5.70. The second-order valence-electron chi connectivity index (χ2n) is 1.44. The molecule has 0 heterocycles. The molecule has 0 saturated heterocycles. The third-order valence-electron chi connectivity index (χ3n) is 0.748. The summed E-state index contributed by atoms with van der Waals surface area (Å²) >= 11 is 0. The fourth-order valence-corrected chi connectivity index (χ4v) is 0.439. The fourth-order valence-electron chi connectivity index (χ4n) is 0.439. The van der Waals surface area contributed by atoms with Gasteiger partial charge in [0.25, 0.3) is 0 Å². The molecule has 1 N–H and O–H groups in total. The molecule has 0 saturated carbocycles. The summed E-state index contributed by atoms with van der Waals surface area (Å²) in [7, 11) is 0. The molecule has 0 aromatic carbocycles. The third-order valence-corrected chi connectivity index (χ3v) is 0.748. The zero-order chi connectivity index (χ0) is 7.11. The first kappa shape index (κ1) is 7.95. The van der Waals surface area contributed by atoms with Gasteiger partial charge in [-0.2, -0.15) is 0 Å². The minimum absolute atomic E-state index is 0.569. The minimum atomic E-state index is 0.569. The van der Waals surface area contributed by atoms with E-state index in [1.165, 1.54) is 0 Å². The van der Waals surface area contributed by atoms with Gasteiger partial charge in [-0.3, -0.25) is 4.99 Å². The molecule has 0 aliphatic carbocycles. The van der Waals surface area contributed by atoms with E-state index in [1.54, 1.807) is 19.2 Å². The Bertz CT molecular complexity index is 131. The van der Waals surface area contributed by atoms with Crippen molar-refractivity contribution < 1.29 is 5.11 Å². The van der Waals surface area contributed by atoms with Gasteiger partial charge in [0.05, 0.1) is 5.70 Å². The highest BCUT2D eigenvalue weighted by molar-refractivity contribution is 5.55. The molecule has 2 nitrogen and oxygen atoms in total. The Balaban J connectivity index is 4.01. The number of nitrogens with zero attached hydrogens (tertiary/aromatic N) is 1. The predicted octanol–water partition coefficient (Wildman–Crippen LogP) is 2.05. The van der Waals surface area contributed by atoms with Gasteiger partial charge in [0.1, 0.15) is 6.26 Å². The van der Waals surface area contributed by atoms with E-state index in [2.05, 4.69) is 4.99 Å². The van der Waals surface area contributed by atoms with Gasteiger partial charge in [-0.05, 0) is 19.9 Å². The van der Waals surface area contributed by atoms with Crippen LogP contribution in [0.5, 0.6) is 0 Å². The Morgan fingerprint density at radius 1 is 1.44 bits per heavy atom. The van der Waals surface area contributed by atoms with Crippen molar-refractivity contribution in [1.82, 2.24) is 0 Å². The average molecular weight is 125 g/mol. The van der Waals surface area contributed by atoms with Crippen LogP contribution in [0.4, 0.5) is 0 Å². The van der Waals surface area contributed by atoms with Crippen molar-refractivity contribution in [2.75, 3.05) is 0 Å². The van der Waals surface area contributed by atoms with Crippen LogP contribution in [0.1, 0.15) is 13.8 Å². The highest BCUT2D eigenvalue weighted by Gasteiger charge is 1.80. The SMILES string of the molecule is CC=NC(/C=C\C)=C\O. The third kappa shape index (κ3) is 3.53. The molecular weight excluding hydrogens is 114 g/mol. The van der Waals surface area contributed by atoms with Crippen LogP contribution >= 0.6 is 0 Å². The molecule has 0 aliphatic heterocycles. The summed E-state index contributed by atoms with van der Waals surface area (Å²) in [6.45, 7) is 3.67. The quantitative estimate of drug-likeness (QED) is 0.342. The Labute approximate surface area is 55.2 Å². The van der Waals surface area contributed by atoms with Crippen LogP contribution in [-0.4, -0.2) is 11.3 Å². The van der Waals surface area contributed by atoms with E-state index in [0.717, 1.165) is 6.26 Å². The van der Waals surface area contributed by atoms with Crippen LogP contribution < -0.4 is 0 Å². The van der Waals surface area contributed by atoms with Gasteiger partial charge < -0.3 is 5.11 Å². The Kier molecular flexibility index (Phi) is 4.50. The number of aliphatic imine (C=N–C) groups is 1. The molecular formula is C7H11NO. The minimum Gasteiger partial charge on any atom is -0.513 e. The molecule has 0 bridgehead atoms. The van der Waals surface area contributed by atoms with Crippen LogP contribution in [-0.2, 0) is 0 Å². The van der Waals surface area contributed by atoms with Crippen LogP contribution in [0.2, 0.25) is 0 Å². The van der Waals surface area contributed by atoms with Crippen LogP contribution in [0, 0.1) is 0 Å². The smallest absolute Gasteiger partial charge is 0.105 e. The number of aliphatic hydroxyl groups is 1. The van der Waals surface area contributed by atoms with E-state index in [9.17, 15) is 0 Å². The Morgan fingerprint density at radius 2 is 2.11 bits per heavy atom. The van der Waals surface area contributed by atoms with Crippen molar-refractivity contribution in [3.05, 3.63) is 24.1 Å². The molecule has 0 atom stereocenters. The molecule has 0 fully saturated rings. The second kappa shape index (κ2) is 5.09. The van der Waals surface area contributed by atoms with Gasteiger partial charge in [0.15, 0.2) is 0 Å². The summed E-state index contributed by atoms with van der Waals surface area (Å²) in [5.41, 5.74) is 0.569. The summed E-state index contributed by atoms with van der Waals surface area (Å²) in [6, 6.07) is 0. The summed E-state index contributed by atoms with van der Waals surface area (Å²) in [5.74, 6) is 0. The number of rotatable bonds is 2. The van der Waals surface area contributed by atoms with Gasteiger partial charge >= 0.3 is 0 Å². The summed E-state index contributed by atoms with van der Waals surface area (Å²) in [6.07, 6.45) is 6.14. The summed E-state index contributed by atoms with van der Waals surface area (Å²) in [5, 5.41) is 8.46. The number of allylic oxidation sites excluding steroid dienone is 2. The van der Waals surface area contributed by atoms with Gasteiger partial charge in [-0.1, -0.05) is 6.08 Å². The second-order valence-corrected chi connectivity index (χ2v) is 1.44. The molecule has 0 spiro atoms. The lowest BCUT2D eigenvalue weighted by molar-refractivity contribution is 0.468. The molecule has 0 aliphatic rings. The topological polar surface area (TPSA) is 32.6 Å². The van der Waals surface area contributed by atoms with Crippen molar-refractivity contribution >= 4 is 6.21 Å². The molecule has 0 amide bonds. The maximum atomic E-state index is 8.46. The van der Waals surface area contributed by atoms with Crippen molar-refractivity contribution in [3.8, 4) is 0 Å². The highest BCUT2D eigenvalue weighted by atomic mass is 16.2. The van der Waals surface area contributed by atoms with Crippen molar-refractivity contribution in [1.29, 1.82) is 0 Å². The van der Waals surface area contributed by atoms with E-state index < -0.39 is 0 Å². The lowest BCUT2D eigenvalue weighted by atomic mass is 10.4. The first-order chi connectivity index (χ1) is 4.35. The van der Waals surface area contributed by atoms with Crippen LogP contribution in [0.25, 0.3) is 0 Å². The normalized spacial score (nSPS) is 13.8. The van der Waals surface area contributed by atoms with E-state index >= 15 is 0 Å². The molecule has 50 valence electrons. The lowest BCUT2D eigenvalue weighted by Gasteiger charge is -1.85. The molecule has 0 aromatic heterocycles. The Morgan fingerprint density at radius 3 is 2.44 bits per heavy atom. The van der Waals surface area contributed by atoms with Crippen LogP contribution in [0.3, 0.4) is 0 Å². The van der Waals surface area contributed by atoms with Gasteiger partial charge in [0, 0.05) is 6.21 Å². The van der Waals surface area contributed by atoms with Crippen molar-refractivity contribution in [2.45, 2.75) is 13.8 Å². The van der Waals surface area contributed by atoms with E-state index in [-0.39, 0.29) is 0 Å². The van der Waals surface area contributed by atoms with Gasteiger partial charge in [0.2, 0.25) is 0 Å². The van der Waals surface area contributed by atoms with E-state index in [0.29, 0.717) is 5.70 Å². The molecule has 0 radical (unpaired) electrons. The average Bonchev–Trinajstić information content (AvgIpc) is 1.88. The van der Waals surface area contributed by atoms with Crippen molar-refractivity contribution in [3.63, 3.8) is 0 Å². The molecule has 0 aromatic rings. The molecule has 0 rings (SSSR count). The summed E-state index contributed by atoms with van der Waals surface area (Å²) in [4.78, 5) is 3.83. The Hall–Kier alpha value is -1.05. The van der Waals surface area contributed by atoms with E-state index in [4.69, 9.17) is 5.11 Å².